The highest BCUT2D eigenvalue weighted by molar-refractivity contribution is 5.84. The molecule has 2 amide bonds. The van der Waals surface area contributed by atoms with E-state index >= 15 is 0 Å². The molecule has 0 atom stereocenters. The van der Waals surface area contributed by atoms with Gasteiger partial charge < -0.3 is 16.0 Å². The highest BCUT2D eigenvalue weighted by Gasteiger charge is 2.13. The van der Waals surface area contributed by atoms with Crippen LogP contribution < -0.4 is 11.1 Å². The van der Waals surface area contributed by atoms with E-state index in [0.717, 1.165) is 5.56 Å². The summed E-state index contributed by atoms with van der Waals surface area (Å²) in [5, 5.41) is 2.76. The molecule has 5 heteroatoms. The van der Waals surface area contributed by atoms with E-state index in [1.54, 1.807) is 7.05 Å². The Morgan fingerprint density at radius 3 is 2.55 bits per heavy atom. The van der Waals surface area contributed by atoms with Crippen LogP contribution in [-0.4, -0.2) is 36.3 Å². The number of rotatable bonds is 6. The van der Waals surface area contributed by atoms with Crippen LogP contribution in [0.4, 0.5) is 5.69 Å². The Morgan fingerprint density at radius 2 is 1.95 bits per heavy atom. The highest BCUT2D eigenvalue weighted by Crippen LogP contribution is 2.13. The Kier molecular flexibility index (Phi) is 6.03. The maximum absolute atomic E-state index is 12.0. The largest absolute Gasteiger partial charge is 0.399 e. The lowest BCUT2D eigenvalue weighted by molar-refractivity contribution is -0.134. The quantitative estimate of drug-likeness (QED) is 0.767. The monoisotopic (exact) mass is 277 g/mol. The van der Waals surface area contributed by atoms with E-state index in [4.69, 9.17) is 5.73 Å². The Labute approximate surface area is 120 Å². The number of nitrogens with one attached hydrogen (secondary N) is 1. The van der Waals surface area contributed by atoms with E-state index in [1.807, 2.05) is 38.1 Å². The van der Waals surface area contributed by atoms with Gasteiger partial charge in [-0.25, -0.2) is 0 Å². The first kappa shape index (κ1) is 16.0. The molecule has 0 aromatic heterocycles. The number of anilines is 1. The number of hydrogen-bond donors (Lipinski definition) is 2. The number of nitrogens with zero attached hydrogens (tertiary/aromatic N) is 1. The first-order chi connectivity index (χ1) is 9.40. The van der Waals surface area contributed by atoms with Crippen LogP contribution in [0.2, 0.25) is 0 Å². The van der Waals surface area contributed by atoms with Crippen molar-refractivity contribution in [3.63, 3.8) is 0 Å². The Balaban J connectivity index is 2.42. The van der Waals surface area contributed by atoms with Crippen molar-refractivity contribution in [2.75, 3.05) is 19.3 Å². The molecule has 3 N–H and O–H groups in total. The van der Waals surface area contributed by atoms with Crippen LogP contribution in [0, 0.1) is 0 Å². The van der Waals surface area contributed by atoms with Gasteiger partial charge in [-0.15, -0.1) is 0 Å². The van der Waals surface area contributed by atoms with Crippen LogP contribution in [0.15, 0.2) is 24.3 Å². The molecule has 0 spiro atoms. The smallest absolute Gasteiger partial charge is 0.239 e. The average molecular weight is 277 g/mol. The van der Waals surface area contributed by atoms with Crippen LogP contribution in [-0.2, 0) is 16.0 Å². The van der Waals surface area contributed by atoms with Gasteiger partial charge in [0.15, 0.2) is 0 Å². The van der Waals surface area contributed by atoms with Gasteiger partial charge in [0.2, 0.25) is 11.8 Å². The summed E-state index contributed by atoms with van der Waals surface area (Å²) in [4.78, 5) is 25.0. The molecule has 0 unspecified atom stereocenters. The van der Waals surface area contributed by atoms with Crippen molar-refractivity contribution in [2.24, 2.45) is 0 Å². The minimum Gasteiger partial charge on any atom is -0.399 e. The van der Waals surface area contributed by atoms with Crippen LogP contribution in [0.5, 0.6) is 0 Å². The number of nitrogen functional groups attached to an aromatic ring is 1. The maximum Gasteiger partial charge on any atom is 0.239 e. The summed E-state index contributed by atoms with van der Waals surface area (Å²) in [5.74, 6) is -0.206. The van der Waals surface area contributed by atoms with Crippen LogP contribution in [0.25, 0.3) is 0 Å². The summed E-state index contributed by atoms with van der Waals surface area (Å²) in [6.45, 7) is 3.86. The number of para-hydroxylation sites is 1. The molecule has 20 heavy (non-hydrogen) atoms. The standard InChI is InChI=1S/C15H23N3O2/c1-11(2)17-14(19)10-18(3)15(20)9-8-12-6-4-5-7-13(12)16/h4-7,11H,8-10,16H2,1-3H3,(H,17,19). The second kappa shape index (κ2) is 7.53. The lowest BCUT2D eigenvalue weighted by atomic mass is 10.1. The van der Waals surface area contributed by atoms with Crippen molar-refractivity contribution in [2.45, 2.75) is 32.7 Å². The number of aryl methyl sites for hydroxylation is 1. The van der Waals surface area contributed by atoms with Crippen molar-refractivity contribution < 1.29 is 9.59 Å². The molecule has 0 saturated carbocycles. The van der Waals surface area contributed by atoms with Gasteiger partial charge in [-0.2, -0.15) is 0 Å². The molecule has 0 heterocycles. The molecule has 0 bridgehead atoms. The molecule has 0 radical (unpaired) electrons. The molecule has 5 nitrogen and oxygen atoms in total. The molecule has 0 aliphatic heterocycles. The van der Waals surface area contributed by atoms with E-state index in [2.05, 4.69) is 5.32 Å². The lowest BCUT2D eigenvalue weighted by Gasteiger charge is -2.18. The van der Waals surface area contributed by atoms with Gasteiger partial charge in [-0.1, -0.05) is 18.2 Å². The third-order valence-electron chi connectivity index (χ3n) is 2.92. The van der Waals surface area contributed by atoms with E-state index in [0.29, 0.717) is 18.5 Å². The molecule has 1 aromatic rings. The highest BCUT2D eigenvalue weighted by atomic mass is 16.2. The third-order valence-corrected chi connectivity index (χ3v) is 2.92. The normalized spacial score (nSPS) is 10.4. The van der Waals surface area contributed by atoms with E-state index < -0.39 is 0 Å². The van der Waals surface area contributed by atoms with Crippen LogP contribution in [0.3, 0.4) is 0 Å². The molecule has 1 aromatic carbocycles. The average Bonchev–Trinajstić information content (AvgIpc) is 2.36. The lowest BCUT2D eigenvalue weighted by Crippen LogP contribution is -2.40. The Bertz CT molecular complexity index is 472. The van der Waals surface area contributed by atoms with Crippen molar-refractivity contribution >= 4 is 17.5 Å². The van der Waals surface area contributed by atoms with Crippen molar-refractivity contribution in [3.05, 3.63) is 29.8 Å². The fourth-order valence-electron chi connectivity index (χ4n) is 1.87. The number of nitrogens with two attached hydrogens (primary N) is 1. The Hall–Kier alpha value is -2.04. The van der Waals surface area contributed by atoms with Crippen LogP contribution >= 0.6 is 0 Å². The van der Waals surface area contributed by atoms with Crippen molar-refractivity contribution in [1.29, 1.82) is 0 Å². The summed E-state index contributed by atoms with van der Waals surface area (Å²) in [6, 6.07) is 7.57. The number of benzene rings is 1. The summed E-state index contributed by atoms with van der Waals surface area (Å²) in [7, 11) is 1.64. The predicted octanol–water partition coefficient (Wildman–Crippen LogP) is 1.18. The number of amides is 2. The molecule has 110 valence electrons. The topological polar surface area (TPSA) is 75.4 Å². The fraction of sp³-hybridized carbons (Fsp3) is 0.467. The van der Waals surface area contributed by atoms with Gasteiger partial charge in [0.25, 0.3) is 0 Å². The molecular weight excluding hydrogens is 254 g/mol. The summed E-state index contributed by atoms with van der Waals surface area (Å²) >= 11 is 0. The van der Waals surface area contributed by atoms with Gasteiger partial charge in [0.1, 0.15) is 0 Å². The second-order valence-corrected chi connectivity index (χ2v) is 5.17. The minimum atomic E-state index is -0.143. The number of likely N-dealkylation sites (N-methyl/N-ethyl adjacent to an activating group) is 1. The van der Waals surface area contributed by atoms with Gasteiger partial charge in [0, 0.05) is 25.2 Å². The molecule has 0 aliphatic rings. The fourth-order valence-corrected chi connectivity index (χ4v) is 1.87. The molecule has 0 fully saturated rings. The van der Waals surface area contributed by atoms with E-state index in [-0.39, 0.29) is 24.4 Å². The zero-order chi connectivity index (χ0) is 15.1. The molecule has 0 saturated heterocycles. The van der Waals surface area contributed by atoms with Crippen LogP contribution in [0.1, 0.15) is 25.8 Å². The first-order valence-electron chi connectivity index (χ1n) is 6.77. The second-order valence-electron chi connectivity index (χ2n) is 5.17. The van der Waals surface area contributed by atoms with Crippen molar-refractivity contribution in [3.8, 4) is 0 Å². The molecule has 1 rings (SSSR count). The third kappa shape index (κ3) is 5.30. The van der Waals surface area contributed by atoms with Gasteiger partial charge >= 0.3 is 0 Å². The molecule has 0 aliphatic carbocycles. The van der Waals surface area contributed by atoms with Gasteiger partial charge in [-0.3, -0.25) is 9.59 Å². The summed E-state index contributed by atoms with van der Waals surface area (Å²) < 4.78 is 0. The zero-order valence-electron chi connectivity index (χ0n) is 12.3. The van der Waals surface area contributed by atoms with Gasteiger partial charge in [-0.05, 0) is 31.9 Å². The van der Waals surface area contributed by atoms with E-state index in [1.165, 1.54) is 4.90 Å². The minimum absolute atomic E-state index is 0.0628. The number of hydrogen-bond acceptors (Lipinski definition) is 3. The summed E-state index contributed by atoms with van der Waals surface area (Å²) in [6.07, 6.45) is 0.932. The Morgan fingerprint density at radius 1 is 1.30 bits per heavy atom. The van der Waals surface area contributed by atoms with E-state index in [9.17, 15) is 9.59 Å². The predicted molar refractivity (Wildman–Crippen MR) is 80.1 cm³/mol. The zero-order valence-corrected chi connectivity index (χ0v) is 12.3. The first-order valence-corrected chi connectivity index (χ1v) is 6.77. The SMILES string of the molecule is CC(C)NC(=O)CN(C)C(=O)CCc1ccccc1N. The maximum atomic E-state index is 12.0. The van der Waals surface area contributed by atoms with Crippen molar-refractivity contribution in [1.82, 2.24) is 10.2 Å². The number of carbonyl (C=O) groups is 2. The number of carbonyl (C=O) groups excluding carboxylic acids is 2. The van der Waals surface area contributed by atoms with Gasteiger partial charge in [0.05, 0.1) is 6.54 Å². The summed E-state index contributed by atoms with van der Waals surface area (Å²) in [5.41, 5.74) is 7.48. The molecular formula is C15H23N3O2.